The van der Waals surface area contributed by atoms with Crippen LogP contribution in [0.5, 0.6) is 0 Å². The van der Waals surface area contributed by atoms with Crippen LogP contribution < -0.4 is 16.0 Å². The van der Waals surface area contributed by atoms with Crippen molar-refractivity contribution < 1.29 is 4.79 Å². The highest BCUT2D eigenvalue weighted by atomic mass is 16.1. The third kappa shape index (κ3) is 6.61. The number of hydrogen-bond acceptors (Lipinski definition) is 2. The number of hydrogen-bond donors (Lipinski definition) is 3. The van der Waals surface area contributed by atoms with E-state index < -0.39 is 0 Å². The lowest BCUT2D eigenvalue weighted by molar-refractivity contribution is 0.0955. The molecule has 0 saturated carbocycles. The maximum Gasteiger partial charge on any atom is 0.251 e. The second-order valence-corrected chi connectivity index (χ2v) is 6.27. The molecule has 5 nitrogen and oxygen atoms in total. The topological polar surface area (TPSA) is 65.5 Å². The molecule has 0 spiro atoms. The molecule has 0 fully saturated rings. The first kappa shape index (κ1) is 19.0. The predicted octanol–water partition coefficient (Wildman–Crippen LogP) is 2.99. The molecule has 1 aromatic rings. The van der Waals surface area contributed by atoms with Crippen LogP contribution in [0.2, 0.25) is 0 Å². The molecule has 136 valence electrons. The van der Waals surface area contributed by atoms with Crippen LogP contribution in [0.1, 0.15) is 54.9 Å². The Kier molecular flexibility index (Phi) is 8.02. The summed E-state index contributed by atoms with van der Waals surface area (Å²) in [5, 5.41) is 9.50. The van der Waals surface area contributed by atoms with Gasteiger partial charge < -0.3 is 16.0 Å². The van der Waals surface area contributed by atoms with Gasteiger partial charge in [-0.25, -0.2) is 0 Å². The number of nitrogens with zero attached hydrogens (tertiary/aromatic N) is 1. The van der Waals surface area contributed by atoms with Crippen LogP contribution in [-0.4, -0.2) is 32.0 Å². The summed E-state index contributed by atoms with van der Waals surface area (Å²) in [4.78, 5) is 16.2. The number of rotatable bonds is 7. The molecule has 1 aromatic carbocycles. The summed E-state index contributed by atoms with van der Waals surface area (Å²) in [6.07, 6.45) is 8.57. The van der Waals surface area contributed by atoms with Gasteiger partial charge in [-0.1, -0.05) is 23.8 Å². The van der Waals surface area contributed by atoms with E-state index in [1.54, 1.807) is 12.6 Å². The fraction of sp³-hybridized carbons (Fsp3) is 0.500. The zero-order valence-electron chi connectivity index (χ0n) is 15.4. The first-order valence-corrected chi connectivity index (χ1v) is 9.22. The summed E-state index contributed by atoms with van der Waals surface area (Å²) >= 11 is 0. The number of aliphatic imine (C=N–C) groups is 1. The van der Waals surface area contributed by atoms with Crippen molar-refractivity contribution in [3.63, 3.8) is 0 Å². The maximum atomic E-state index is 11.9. The lowest BCUT2D eigenvalue weighted by Gasteiger charge is -2.15. The Labute approximate surface area is 151 Å². The third-order valence-corrected chi connectivity index (χ3v) is 4.33. The quantitative estimate of drug-likeness (QED) is 0.405. The zero-order chi connectivity index (χ0) is 17.9. The first-order valence-electron chi connectivity index (χ1n) is 9.22. The van der Waals surface area contributed by atoms with E-state index in [0.29, 0.717) is 18.7 Å². The van der Waals surface area contributed by atoms with E-state index in [4.69, 9.17) is 0 Å². The average Bonchev–Trinajstić information content (AvgIpc) is 2.66. The molecular formula is C20H30N4O. The third-order valence-electron chi connectivity index (χ3n) is 4.33. The van der Waals surface area contributed by atoms with E-state index in [9.17, 15) is 4.79 Å². The molecule has 0 atom stereocenters. The van der Waals surface area contributed by atoms with Crippen LogP contribution in [0.3, 0.4) is 0 Å². The van der Waals surface area contributed by atoms with Gasteiger partial charge in [-0.3, -0.25) is 9.79 Å². The van der Waals surface area contributed by atoms with Crippen molar-refractivity contribution >= 4 is 11.9 Å². The fourth-order valence-electron chi connectivity index (χ4n) is 2.96. The van der Waals surface area contributed by atoms with E-state index >= 15 is 0 Å². The number of amides is 1. The van der Waals surface area contributed by atoms with Crippen molar-refractivity contribution in [3.8, 4) is 0 Å². The van der Waals surface area contributed by atoms with Gasteiger partial charge in [0.15, 0.2) is 5.96 Å². The monoisotopic (exact) mass is 342 g/mol. The van der Waals surface area contributed by atoms with Crippen molar-refractivity contribution in [1.82, 2.24) is 16.0 Å². The van der Waals surface area contributed by atoms with E-state index in [2.05, 4.69) is 27.0 Å². The van der Waals surface area contributed by atoms with E-state index in [1.165, 1.54) is 25.7 Å². The summed E-state index contributed by atoms with van der Waals surface area (Å²) in [5.74, 6) is 0.757. The highest BCUT2D eigenvalue weighted by molar-refractivity contribution is 5.94. The van der Waals surface area contributed by atoms with Gasteiger partial charge in [-0.15, -0.1) is 0 Å². The number of guanidine groups is 1. The summed E-state index contributed by atoms with van der Waals surface area (Å²) in [7, 11) is 1.78. The molecular weight excluding hydrogens is 312 g/mol. The van der Waals surface area contributed by atoms with Crippen LogP contribution in [0.4, 0.5) is 0 Å². The molecule has 0 aromatic heterocycles. The Bertz CT molecular complexity index is 622. The molecule has 3 N–H and O–H groups in total. The SMILES string of the molecule is CCNC(=O)c1cccc(CNC(=NC)NCCC2=CCCCC2)c1. The Balaban J connectivity index is 1.79. The average molecular weight is 342 g/mol. The van der Waals surface area contributed by atoms with Gasteiger partial charge in [0.2, 0.25) is 0 Å². The standard InChI is InChI=1S/C20H30N4O/c1-3-22-19(25)18-11-7-10-17(14-18)15-24-20(21-2)23-13-12-16-8-5-4-6-9-16/h7-8,10-11,14H,3-6,9,12-13,15H2,1-2H3,(H,22,25)(H2,21,23,24). The van der Waals surface area contributed by atoms with Gasteiger partial charge >= 0.3 is 0 Å². The normalized spacial score (nSPS) is 14.6. The molecule has 25 heavy (non-hydrogen) atoms. The lowest BCUT2D eigenvalue weighted by atomic mass is 9.97. The van der Waals surface area contributed by atoms with Gasteiger partial charge in [0.05, 0.1) is 0 Å². The minimum absolute atomic E-state index is 0.0346. The maximum absolute atomic E-state index is 11.9. The second-order valence-electron chi connectivity index (χ2n) is 6.27. The Morgan fingerprint density at radius 1 is 1.20 bits per heavy atom. The molecule has 0 radical (unpaired) electrons. The number of carbonyl (C=O) groups excluding carboxylic acids is 1. The van der Waals surface area contributed by atoms with Gasteiger partial charge in [0.25, 0.3) is 5.91 Å². The molecule has 0 unspecified atom stereocenters. The second kappa shape index (κ2) is 10.5. The zero-order valence-corrected chi connectivity index (χ0v) is 15.4. The summed E-state index contributed by atoms with van der Waals surface area (Å²) in [5.41, 5.74) is 3.30. The molecule has 1 aliphatic rings. The van der Waals surface area contributed by atoms with Gasteiger partial charge in [-0.05, 0) is 56.7 Å². The summed E-state index contributed by atoms with van der Waals surface area (Å²) < 4.78 is 0. The molecule has 2 rings (SSSR count). The highest BCUT2D eigenvalue weighted by Crippen LogP contribution is 2.19. The van der Waals surface area contributed by atoms with E-state index in [1.807, 2.05) is 31.2 Å². The number of allylic oxidation sites excluding steroid dienone is 1. The van der Waals surface area contributed by atoms with Crippen LogP contribution in [-0.2, 0) is 6.54 Å². The largest absolute Gasteiger partial charge is 0.356 e. The number of nitrogens with one attached hydrogen (secondary N) is 3. The smallest absolute Gasteiger partial charge is 0.251 e. The Morgan fingerprint density at radius 3 is 2.80 bits per heavy atom. The highest BCUT2D eigenvalue weighted by Gasteiger charge is 2.06. The predicted molar refractivity (Wildman–Crippen MR) is 104 cm³/mol. The molecule has 0 bridgehead atoms. The minimum atomic E-state index is -0.0346. The molecule has 1 amide bonds. The van der Waals surface area contributed by atoms with Gasteiger partial charge in [0.1, 0.15) is 0 Å². The van der Waals surface area contributed by atoms with Crippen LogP contribution in [0.25, 0.3) is 0 Å². The fourth-order valence-corrected chi connectivity index (χ4v) is 2.96. The van der Waals surface area contributed by atoms with Crippen molar-refractivity contribution in [2.45, 2.75) is 45.6 Å². The van der Waals surface area contributed by atoms with Crippen LogP contribution in [0.15, 0.2) is 40.9 Å². The van der Waals surface area contributed by atoms with Crippen molar-refractivity contribution in [2.75, 3.05) is 20.1 Å². The van der Waals surface area contributed by atoms with E-state index in [0.717, 1.165) is 24.5 Å². The van der Waals surface area contributed by atoms with Crippen molar-refractivity contribution in [2.24, 2.45) is 4.99 Å². The summed E-state index contributed by atoms with van der Waals surface area (Å²) in [6, 6.07) is 7.67. The van der Waals surface area contributed by atoms with Crippen molar-refractivity contribution in [1.29, 1.82) is 0 Å². The molecule has 0 aliphatic heterocycles. The number of carbonyl (C=O) groups is 1. The van der Waals surface area contributed by atoms with Crippen LogP contribution in [0, 0.1) is 0 Å². The molecule has 0 saturated heterocycles. The molecule has 1 aliphatic carbocycles. The minimum Gasteiger partial charge on any atom is -0.356 e. The van der Waals surface area contributed by atoms with Crippen LogP contribution >= 0.6 is 0 Å². The molecule has 5 heteroatoms. The van der Waals surface area contributed by atoms with Crippen molar-refractivity contribution in [3.05, 3.63) is 47.0 Å². The molecule has 0 heterocycles. The Morgan fingerprint density at radius 2 is 2.08 bits per heavy atom. The van der Waals surface area contributed by atoms with Gasteiger partial charge in [-0.2, -0.15) is 0 Å². The van der Waals surface area contributed by atoms with E-state index in [-0.39, 0.29) is 5.91 Å². The van der Waals surface area contributed by atoms with Gasteiger partial charge in [0, 0.05) is 32.2 Å². The first-order chi connectivity index (χ1) is 12.2. The number of benzene rings is 1. The summed E-state index contributed by atoms with van der Waals surface area (Å²) in [6.45, 7) is 4.08. The lowest BCUT2D eigenvalue weighted by Crippen LogP contribution is -2.37. The Hall–Kier alpha value is -2.30.